The summed E-state index contributed by atoms with van der Waals surface area (Å²) in [5.74, 6) is 0.582. The summed E-state index contributed by atoms with van der Waals surface area (Å²) in [5.41, 5.74) is 1.90. The summed E-state index contributed by atoms with van der Waals surface area (Å²) in [6.07, 6.45) is 2.16. The molecule has 11 nitrogen and oxygen atoms in total. The standard InChI is InChI=1S/C23H20N6O5S/c30-23(16-3-1-4-19(13-16)29-15-24-27-28-29)25-17-5-7-18(8-6-17)26-35(31,32)20-9-10-21-22(14-20)34-12-2-11-33-21/h1,3-10,13-15,26H,2,11-12H2,(H,25,30). The molecule has 12 heteroatoms. The van der Waals surface area contributed by atoms with Crippen LogP contribution in [0.5, 0.6) is 11.5 Å². The van der Waals surface area contributed by atoms with E-state index in [1.165, 1.54) is 23.1 Å². The first-order chi connectivity index (χ1) is 17.0. The quantitative estimate of drug-likeness (QED) is 0.419. The van der Waals surface area contributed by atoms with Crippen LogP contribution in [0.25, 0.3) is 5.69 Å². The zero-order valence-corrected chi connectivity index (χ0v) is 19.1. The minimum Gasteiger partial charge on any atom is -0.490 e. The van der Waals surface area contributed by atoms with Crippen molar-refractivity contribution in [3.8, 4) is 17.2 Å². The van der Waals surface area contributed by atoms with Gasteiger partial charge in [0.2, 0.25) is 0 Å². The zero-order chi connectivity index (χ0) is 24.3. The lowest BCUT2D eigenvalue weighted by Gasteiger charge is -2.12. The molecular formula is C23H20N6O5S. The van der Waals surface area contributed by atoms with Crippen LogP contribution >= 0.6 is 0 Å². The van der Waals surface area contributed by atoms with Gasteiger partial charge in [-0.05, 0) is 65.0 Å². The molecule has 1 aliphatic heterocycles. The zero-order valence-electron chi connectivity index (χ0n) is 18.3. The Labute approximate surface area is 200 Å². The minimum atomic E-state index is -3.86. The van der Waals surface area contributed by atoms with Gasteiger partial charge in [0.15, 0.2) is 11.5 Å². The molecule has 0 saturated carbocycles. The Morgan fingerprint density at radius 3 is 2.46 bits per heavy atom. The molecule has 178 valence electrons. The molecule has 3 aromatic carbocycles. The van der Waals surface area contributed by atoms with Gasteiger partial charge in [0.05, 0.1) is 23.8 Å². The summed E-state index contributed by atoms with van der Waals surface area (Å²) in [6, 6.07) is 17.7. The Balaban J connectivity index is 1.27. The molecule has 0 fully saturated rings. The van der Waals surface area contributed by atoms with Gasteiger partial charge in [-0.25, -0.2) is 13.1 Å². The molecule has 35 heavy (non-hydrogen) atoms. The first-order valence-electron chi connectivity index (χ1n) is 10.7. The summed E-state index contributed by atoms with van der Waals surface area (Å²) in [6.45, 7) is 0.976. The van der Waals surface area contributed by atoms with Crippen LogP contribution in [0.4, 0.5) is 11.4 Å². The van der Waals surface area contributed by atoms with Crippen LogP contribution in [0.3, 0.4) is 0 Å². The molecule has 5 rings (SSSR count). The van der Waals surface area contributed by atoms with Gasteiger partial charge in [-0.15, -0.1) is 5.10 Å². The number of rotatable bonds is 6. The second kappa shape index (κ2) is 9.43. The van der Waals surface area contributed by atoms with Gasteiger partial charge >= 0.3 is 0 Å². The predicted octanol–water partition coefficient (Wildman–Crippen LogP) is 2.88. The van der Waals surface area contributed by atoms with Gasteiger partial charge in [0, 0.05) is 29.4 Å². The Bertz CT molecular complexity index is 1460. The third-order valence-corrected chi connectivity index (χ3v) is 6.53. The molecule has 0 spiro atoms. The minimum absolute atomic E-state index is 0.0570. The lowest BCUT2D eigenvalue weighted by molar-refractivity contribution is 0.102. The molecule has 1 aliphatic rings. The van der Waals surface area contributed by atoms with E-state index in [0.29, 0.717) is 47.3 Å². The van der Waals surface area contributed by atoms with Gasteiger partial charge in [0.1, 0.15) is 6.33 Å². The maximum Gasteiger partial charge on any atom is 0.262 e. The largest absolute Gasteiger partial charge is 0.490 e. The number of hydrogen-bond acceptors (Lipinski definition) is 8. The number of tetrazole rings is 1. The van der Waals surface area contributed by atoms with Crippen molar-refractivity contribution >= 4 is 27.3 Å². The number of ether oxygens (including phenoxy) is 2. The first-order valence-corrected chi connectivity index (χ1v) is 12.1. The normalized spacial score (nSPS) is 13.0. The van der Waals surface area contributed by atoms with Crippen molar-refractivity contribution in [2.24, 2.45) is 0 Å². The van der Waals surface area contributed by atoms with E-state index in [0.717, 1.165) is 6.42 Å². The summed E-state index contributed by atoms with van der Waals surface area (Å²) in [5, 5.41) is 13.8. The van der Waals surface area contributed by atoms with E-state index >= 15 is 0 Å². The molecule has 0 unspecified atom stereocenters. The molecule has 4 aromatic rings. The van der Waals surface area contributed by atoms with Crippen molar-refractivity contribution in [3.05, 3.63) is 78.6 Å². The second-order valence-electron chi connectivity index (χ2n) is 7.60. The van der Waals surface area contributed by atoms with Crippen LogP contribution in [0, 0.1) is 0 Å². The molecule has 0 aliphatic carbocycles. The van der Waals surface area contributed by atoms with Gasteiger partial charge in [0.25, 0.3) is 15.9 Å². The van der Waals surface area contributed by atoms with Crippen LogP contribution < -0.4 is 19.5 Å². The van der Waals surface area contributed by atoms with Gasteiger partial charge in [-0.2, -0.15) is 0 Å². The monoisotopic (exact) mass is 492 g/mol. The van der Waals surface area contributed by atoms with E-state index in [1.54, 1.807) is 54.6 Å². The molecule has 2 heterocycles. The lowest BCUT2D eigenvalue weighted by atomic mass is 10.2. The molecular weight excluding hydrogens is 472 g/mol. The van der Waals surface area contributed by atoms with E-state index in [1.807, 2.05) is 0 Å². The Hall–Kier alpha value is -4.45. The van der Waals surface area contributed by atoms with Gasteiger partial charge in [-0.3, -0.25) is 9.52 Å². The number of nitrogens with zero attached hydrogens (tertiary/aromatic N) is 4. The summed E-state index contributed by atoms with van der Waals surface area (Å²) < 4.78 is 40.8. The first kappa shape index (κ1) is 22.3. The van der Waals surface area contributed by atoms with E-state index in [4.69, 9.17) is 9.47 Å². The highest BCUT2D eigenvalue weighted by molar-refractivity contribution is 7.92. The number of fused-ring (bicyclic) bond motifs is 1. The number of anilines is 2. The third-order valence-electron chi connectivity index (χ3n) is 5.15. The smallest absolute Gasteiger partial charge is 0.262 e. The fraction of sp³-hybridized carbons (Fsp3) is 0.130. The number of nitrogens with one attached hydrogen (secondary N) is 2. The van der Waals surface area contributed by atoms with Crippen LogP contribution in [-0.2, 0) is 10.0 Å². The van der Waals surface area contributed by atoms with E-state index in [9.17, 15) is 13.2 Å². The van der Waals surface area contributed by atoms with Crippen LogP contribution in [0.1, 0.15) is 16.8 Å². The average molecular weight is 493 g/mol. The maximum absolute atomic E-state index is 12.9. The molecule has 0 bridgehead atoms. The van der Waals surface area contributed by atoms with Crippen molar-refractivity contribution < 1.29 is 22.7 Å². The number of carbonyl (C=O) groups is 1. The topological polar surface area (TPSA) is 137 Å². The van der Waals surface area contributed by atoms with E-state index < -0.39 is 10.0 Å². The SMILES string of the molecule is O=C(Nc1ccc(NS(=O)(=O)c2ccc3c(c2)OCCCO3)cc1)c1cccc(-n2cnnn2)c1. The molecule has 0 saturated heterocycles. The highest BCUT2D eigenvalue weighted by Crippen LogP contribution is 2.32. The lowest BCUT2D eigenvalue weighted by Crippen LogP contribution is -2.14. The van der Waals surface area contributed by atoms with Crippen molar-refractivity contribution in [1.82, 2.24) is 20.2 Å². The number of sulfonamides is 1. The molecule has 0 radical (unpaired) electrons. The number of benzene rings is 3. The molecule has 2 N–H and O–H groups in total. The van der Waals surface area contributed by atoms with Gasteiger partial charge < -0.3 is 14.8 Å². The Morgan fingerprint density at radius 1 is 0.914 bits per heavy atom. The molecule has 1 aromatic heterocycles. The number of carbonyl (C=O) groups excluding carboxylic acids is 1. The van der Waals surface area contributed by atoms with Crippen LogP contribution in [0.15, 0.2) is 78.0 Å². The van der Waals surface area contributed by atoms with Gasteiger partial charge in [-0.1, -0.05) is 6.07 Å². The number of hydrogen-bond donors (Lipinski definition) is 2. The van der Waals surface area contributed by atoms with E-state index in [2.05, 4.69) is 25.6 Å². The predicted molar refractivity (Wildman–Crippen MR) is 126 cm³/mol. The van der Waals surface area contributed by atoms with Crippen LogP contribution in [-0.4, -0.2) is 47.7 Å². The highest BCUT2D eigenvalue weighted by atomic mass is 32.2. The molecule has 0 atom stereocenters. The second-order valence-corrected chi connectivity index (χ2v) is 9.28. The molecule has 1 amide bonds. The number of aromatic nitrogens is 4. The van der Waals surface area contributed by atoms with Crippen molar-refractivity contribution in [2.45, 2.75) is 11.3 Å². The van der Waals surface area contributed by atoms with E-state index in [-0.39, 0.29) is 10.8 Å². The van der Waals surface area contributed by atoms with Crippen molar-refractivity contribution in [1.29, 1.82) is 0 Å². The summed E-state index contributed by atoms with van der Waals surface area (Å²) >= 11 is 0. The van der Waals surface area contributed by atoms with Crippen LogP contribution in [0.2, 0.25) is 0 Å². The van der Waals surface area contributed by atoms with Crippen molar-refractivity contribution in [3.63, 3.8) is 0 Å². The van der Waals surface area contributed by atoms with Crippen molar-refractivity contribution in [2.75, 3.05) is 23.3 Å². The maximum atomic E-state index is 12.9. The Morgan fingerprint density at radius 2 is 1.69 bits per heavy atom. The summed E-state index contributed by atoms with van der Waals surface area (Å²) in [7, 11) is -3.86. The highest BCUT2D eigenvalue weighted by Gasteiger charge is 2.19. The fourth-order valence-corrected chi connectivity index (χ4v) is 4.49. The Kier molecular flexibility index (Phi) is 6.02. The fourth-order valence-electron chi connectivity index (χ4n) is 3.42. The third kappa shape index (κ3) is 5.06. The average Bonchev–Trinajstić information content (AvgIpc) is 3.30. The summed E-state index contributed by atoms with van der Waals surface area (Å²) in [4.78, 5) is 12.7. The number of amides is 1.